The molecular formula is C22H32FN3O2. The van der Waals surface area contributed by atoms with E-state index in [-0.39, 0.29) is 29.5 Å². The van der Waals surface area contributed by atoms with Crippen LogP contribution in [0.3, 0.4) is 0 Å². The largest absolute Gasteiger partial charge is 0.353 e. The Hall–Kier alpha value is -1.95. The highest BCUT2D eigenvalue weighted by molar-refractivity contribution is 5.93. The smallest absolute Gasteiger partial charge is 0.228 e. The van der Waals surface area contributed by atoms with Crippen LogP contribution in [-0.2, 0) is 9.59 Å². The molecule has 2 aliphatic rings. The molecule has 2 fully saturated rings. The molecule has 2 amide bonds. The molecule has 1 heterocycles. The van der Waals surface area contributed by atoms with Crippen LogP contribution in [0, 0.1) is 23.6 Å². The highest BCUT2D eigenvalue weighted by atomic mass is 19.1. The number of benzene rings is 1. The highest BCUT2D eigenvalue weighted by Gasteiger charge is 2.36. The van der Waals surface area contributed by atoms with Gasteiger partial charge in [0.15, 0.2) is 0 Å². The molecule has 0 aromatic heterocycles. The fourth-order valence-corrected chi connectivity index (χ4v) is 4.40. The number of anilines is 1. The molecule has 154 valence electrons. The molecule has 0 bridgehead atoms. The van der Waals surface area contributed by atoms with Crippen LogP contribution in [0.5, 0.6) is 0 Å². The molecule has 1 aromatic carbocycles. The Labute approximate surface area is 167 Å². The molecule has 1 aliphatic heterocycles. The van der Waals surface area contributed by atoms with Gasteiger partial charge in [0.1, 0.15) is 5.82 Å². The predicted molar refractivity (Wildman–Crippen MR) is 108 cm³/mol. The van der Waals surface area contributed by atoms with Crippen molar-refractivity contribution in [3.05, 3.63) is 30.1 Å². The third kappa shape index (κ3) is 5.77. The first-order valence-electron chi connectivity index (χ1n) is 10.5. The van der Waals surface area contributed by atoms with Crippen molar-refractivity contribution in [1.29, 1.82) is 0 Å². The first-order chi connectivity index (χ1) is 13.4. The van der Waals surface area contributed by atoms with E-state index >= 15 is 0 Å². The zero-order chi connectivity index (χ0) is 20.1. The lowest BCUT2D eigenvalue weighted by Crippen LogP contribution is -2.51. The fraction of sp³-hybridized carbons (Fsp3) is 0.636. The number of hydrogen-bond acceptors (Lipinski definition) is 3. The van der Waals surface area contributed by atoms with Gasteiger partial charge in [-0.05, 0) is 49.4 Å². The Morgan fingerprint density at radius 1 is 1.07 bits per heavy atom. The summed E-state index contributed by atoms with van der Waals surface area (Å²) < 4.78 is 13.1. The summed E-state index contributed by atoms with van der Waals surface area (Å²) in [7, 11) is 0. The third-order valence-corrected chi connectivity index (χ3v) is 5.70. The molecular weight excluding hydrogens is 357 g/mol. The van der Waals surface area contributed by atoms with Gasteiger partial charge in [-0.15, -0.1) is 0 Å². The van der Waals surface area contributed by atoms with Crippen LogP contribution >= 0.6 is 0 Å². The molecule has 1 aliphatic carbocycles. The maximum atomic E-state index is 13.1. The predicted octanol–water partition coefficient (Wildman–Crippen LogP) is 3.42. The number of nitrogens with one attached hydrogen (secondary N) is 2. The van der Waals surface area contributed by atoms with Gasteiger partial charge in [-0.25, -0.2) is 4.39 Å². The molecule has 2 atom stereocenters. The fourth-order valence-electron chi connectivity index (χ4n) is 4.40. The zero-order valence-electron chi connectivity index (χ0n) is 16.9. The van der Waals surface area contributed by atoms with Crippen molar-refractivity contribution >= 4 is 17.5 Å². The maximum absolute atomic E-state index is 13.1. The topological polar surface area (TPSA) is 61.4 Å². The Bertz CT molecular complexity index is 671. The van der Waals surface area contributed by atoms with Crippen molar-refractivity contribution in [3.63, 3.8) is 0 Å². The SMILES string of the molecule is CC(C)CN1C[C@H](C(=O)Nc2ccc(F)cc2)C[C@H](C(=O)NC2CCCC2)C1. The number of carbonyl (C=O) groups excluding carboxylic acids is 2. The second kappa shape index (κ2) is 9.50. The van der Waals surface area contributed by atoms with Crippen LogP contribution in [0.4, 0.5) is 10.1 Å². The van der Waals surface area contributed by atoms with E-state index in [1.165, 1.54) is 25.0 Å². The monoisotopic (exact) mass is 389 g/mol. The summed E-state index contributed by atoms with van der Waals surface area (Å²) >= 11 is 0. The molecule has 0 radical (unpaired) electrons. The average Bonchev–Trinajstić information content (AvgIpc) is 3.15. The summed E-state index contributed by atoms with van der Waals surface area (Å²) in [5, 5.41) is 6.08. The van der Waals surface area contributed by atoms with Gasteiger partial charge in [-0.2, -0.15) is 0 Å². The Morgan fingerprint density at radius 2 is 1.68 bits per heavy atom. The molecule has 5 nitrogen and oxygen atoms in total. The van der Waals surface area contributed by atoms with Crippen molar-refractivity contribution in [2.75, 3.05) is 25.0 Å². The summed E-state index contributed by atoms with van der Waals surface area (Å²) in [5.74, 6) is -0.299. The number of amides is 2. The Morgan fingerprint density at radius 3 is 2.29 bits per heavy atom. The van der Waals surface area contributed by atoms with E-state index in [0.29, 0.717) is 37.2 Å². The minimum Gasteiger partial charge on any atom is -0.353 e. The molecule has 0 unspecified atom stereocenters. The van der Waals surface area contributed by atoms with Crippen molar-refractivity contribution in [3.8, 4) is 0 Å². The van der Waals surface area contributed by atoms with E-state index in [0.717, 1.165) is 19.4 Å². The number of piperidine rings is 1. The molecule has 1 aromatic rings. The maximum Gasteiger partial charge on any atom is 0.228 e. The summed E-state index contributed by atoms with van der Waals surface area (Å²) in [6.07, 6.45) is 5.03. The van der Waals surface area contributed by atoms with Crippen LogP contribution in [0.1, 0.15) is 46.0 Å². The van der Waals surface area contributed by atoms with Gasteiger partial charge in [0.25, 0.3) is 0 Å². The van der Waals surface area contributed by atoms with Gasteiger partial charge in [0.2, 0.25) is 11.8 Å². The standard InChI is InChI=1S/C22H32FN3O2/c1-15(2)12-26-13-16(21(27)24-19-5-3-4-6-19)11-17(14-26)22(28)25-20-9-7-18(23)8-10-20/h7-10,15-17,19H,3-6,11-14H2,1-2H3,(H,24,27)(H,25,28)/t16-,17+/m0/s1. The summed E-state index contributed by atoms with van der Waals surface area (Å²) in [5.41, 5.74) is 0.583. The summed E-state index contributed by atoms with van der Waals surface area (Å²) in [4.78, 5) is 27.9. The number of rotatable bonds is 6. The molecule has 6 heteroatoms. The lowest BCUT2D eigenvalue weighted by molar-refractivity contribution is -0.130. The van der Waals surface area contributed by atoms with Crippen LogP contribution in [0.25, 0.3) is 0 Å². The Kier molecular flexibility index (Phi) is 7.05. The van der Waals surface area contributed by atoms with E-state index in [1.807, 2.05) is 0 Å². The lowest BCUT2D eigenvalue weighted by atomic mass is 9.87. The third-order valence-electron chi connectivity index (χ3n) is 5.70. The van der Waals surface area contributed by atoms with E-state index in [4.69, 9.17) is 0 Å². The minimum atomic E-state index is -0.331. The summed E-state index contributed by atoms with van der Waals surface area (Å²) in [6, 6.07) is 6.08. The highest BCUT2D eigenvalue weighted by Crippen LogP contribution is 2.26. The van der Waals surface area contributed by atoms with Crippen LogP contribution in [0.15, 0.2) is 24.3 Å². The molecule has 28 heavy (non-hydrogen) atoms. The molecule has 2 N–H and O–H groups in total. The number of carbonyl (C=O) groups is 2. The molecule has 1 saturated heterocycles. The summed E-state index contributed by atoms with van der Waals surface area (Å²) in [6.45, 7) is 6.52. The van der Waals surface area contributed by atoms with Crippen molar-refractivity contribution in [1.82, 2.24) is 10.2 Å². The Balaban J connectivity index is 1.65. The molecule has 3 rings (SSSR count). The first-order valence-corrected chi connectivity index (χ1v) is 10.5. The van der Waals surface area contributed by atoms with Gasteiger partial charge in [-0.3, -0.25) is 9.59 Å². The van der Waals surface area contributed by atoms with Gasteiger partial charge >= 0.3 is 0 Å². The quantitative estimate of drug-likeness (QED) is 0.784. The van der Waals surface area contributed by atoms with Crippen LogP contribution in [0.2, 0.25) is 0 Å². The van der Waals surface area contributed by atoms with Crippen LogP contribution < -0.4 is 10.6 Å². The first kappa shape index (κ1) is 20.8. The number of halogens is 1. The second-order valence-electron chi connectivity index (χ2n) is 8.73. The second-order valence-corrected chi connectivity index (χ2v) is 8.73. The van der Waals surface area contributed by atoms with Crippen molar-refractivity contribution in [2.24, 2.45) is 17.8 Å². The van der Waals surface area contributed by atoms with E-state index < -0.39 is 0 Å². The average molecular weight is 390 g/mol. The van der Waals surface area contributed by atoms with Gasteiger partial charge in [0, 0.05) is 31.4 Å². The lowest BCUT2D eigenvalue weighted by Gasteiger charge is -2.37. The van der Waals surface area contributed by atoms with Crippen molar-refractivity contribution in [2.45, 2.75) is 52.0 Å². The molecule has 0 spiro atoms. The number of nitrogens with zero attached hydrogens (tertiary/aromatic N) is 1. The van der Waals surface area contributed by atoms with Crippen molar-refractivity contribution < 1.29 is 14.0 Å². The van der Waals surface area contributed by atoms with E-state index in [2.05, 4.69) is 29.4 Å². The van der Waals surface area contributed by atoms with Gasteiger partial charge in [-0.1, -0.05) is 26.7 Å². The van der Waals surface area contributed by atoms with Gasteiger partial charge in [0.05, 0.1) is 11.8 Å². The van der Waals surface area contributed by atoms with Crippen LogP contribution in [-0.4, -0.2) is 42.4 Å². The van der Waals surface area contributed by atoms with Gasteiger partial charge < -0.3 is 15.5 Å². The number of hydrogen-bond donors (Lipinski definition) is 2. The zero-order valence-corrected chi connectivity index (χ0v) is 16.9. The van der Waals surface area contributed by atoms with E-state index in [1.54, 1.807) is 12.1 Å². The van der Waals surface area contributed by atoms with E-state index in [9.17, 15) is 14.0 Å². The molecule has 1 saturated carbocycles. The minimum absolute atomic E-state index is 0.0833. The normalized spacial score (nSPS) is 23.7. The number of likely N-dealkylation sites (tertiary alicyclic amines) is 1.